The number of hydrogen-bond donors (Lipinski definition) is 1. The molecule has 1 aromatic carbocycles. The van der Waals surface area contributed by atoms with E-state index in [2.05, 4.69) is 0 Å². The van der Waals surface area contributed by atoms with Gasteiger partial charge in [0, 0.05) is 12.2 Å². The van der Waals surface area contributed by atoms with E-state index in [9.17, 15) is 18.0 Å². The Hall–Kier alpha value is -2.70. The Bertz CT molecular complexity index is 883. The van der Waals surface area contributed by atoms with Crippen LogP contribution in [0.4, 0.5) is 0 Å². The molecule has 0 aromatic heterocycles. The van der Waals surface area contributed by atoms with E-state index >= 15 is 0 Å². The van der Waals surface area contributed by atoms with Crippen LogP contribution in [0.15, 0.2) is 46.5 Å². The highest BCUT2D eigenvalue weighted by molar-refractivity contribution is 7.89. The van der Waals surface area contributed by atoms with Crippen molar-refractivity contribution in [2.75, 3.05) is 13.2 Å². The molecule has 0 saturated carbocycles. The molecule has 8 nitrogen and oxygen atoms in total. The number of carbonyl (C=O) groups is 2. The number of allylic oxidation sites excluding steroid dienone is 1. The highest BCUT2D eigenvalue weighted by Crippen LogP contribution is 2.26. The third-order valence-electron chi connectivity index (χ3n) is 4.21. The molecule has 27 heavy (non-hydrogen) atoms. The maximum atomic E-state index is 12.9. The molecule has 2 rings (SSSR count). The minimum absolute atomic E-state index is 0.0319. The summed E-state index contributed by atoms with van der Waals surface area (Å²) in [6.07, 6.45) is 1.60. The predicted molar refractivity (Wildman–Crippen MR) is 96.4 cm³/mol. The van der Waals surface area contributed by atoms with Gasteiger partial charge in [-0.15, -0.1) is 0 Å². The van der Waals surface area contributed by atoms with Gasteiger partial charge in [0.2, 0.25) is 15.8 Å². The highest BCUT2D eigenvalue weighted by Gasteiger charge is 2.38. The van der Waals surface area contributed by atoms with Crippen molar-refractivity contribution in [3.8, 4) is 6.07 Å². The number of nitriles is 1. The van der Waals surface area contributed by atoms with Crippen molar-refractivity contribution in [1.29, 1.82) is 5.26 Å². The van der Waals surface area contributed by atoms with Gasteiger partial charge in [-0.05, 0) is 38.3 Å². The molecular formula is C18H21N3O5S. The average molecular weight is 391 g/mol. The fourth-order valence-corrected chi connectivity index (χ4v) is 4.50. The molecule has 1 heterocycles. The number of ether oxygens (including phenoxy) is 1. The van der Waals surface area contributed by atoms with E-state index in [0.717, 1.165) is 4.31 Å². The minimum atomic E-state index is -3.86. The maximum absolute atomic E-state index is 12.9. The Morgan fingerprint density at radius 2 is 1.96 bits per heavy atom. The van der Waals surface area contributed by atoms with E-state index in [1.54, 1.807) is 24.3 Å². The SMILES string of the molecule is C/C(N)=C(\C#N)C(=O)COC(=O)C1CCCCN1S(=O)(=O)c1ccccc1. The van der Waals surface area contributed by atoms with Crippen LogP contribution in [0.1, 0.15) is 26.2 Å². The van der Waals surface area contributed by atoms with Gasteiger partial charge in [0.1, 0.15) is 17.7 Å². The molecule has 0 bridgehead atoms. The molecule has 0 spiro atoms. The number of Topliss-reactive ketones (excluding diaryl/α,β-unsaturated/α-hetero) is 1. The molecule has 1 unspecified atom stereocenters. The summed E-state index contributed by atoms with van der Waals surface area (Å²) in [5.41, 5.74) is 5.20. The molecule has 1 saturated heterocycles. The highest BCUT2D eigenvalue weighted by atomic mass is 32.2. The second-order valence-electron chi connectivity index (χ2n) is 6.14. The number of benzene rings is 1. The Morgan fingerprint density at radius 3 is 2.56 bits per heavy atom. The molecule has 1 atom stereocenters. The fourth-order valence-electron chi connectivity index (χ4n) is 2.83. The van der Waals surface area contributed by atoms with Gasteiger partial charge in [-0.2, -0.15) is 9.57 Å². The molecule has 144 valence electrons. The first-order chi connectivity index (χ1) is 12.8. The number of carbonyl (C=O) groups excluding carboxylic acids is 2. The summed E-state index contributed by atoms with van der Waals surface area (Å²) >= 11 is 0. The second-order valence-corrected chi connectivity index (χ2v) is 8.03. The topological polar surface area (TPSA) is 131 Å². The van der Waals surface area contributed by atoms with Crippen molar-refractivity contribution in [3.63, 3.8) is 0 Å². The van der Waals surface area contributed by atoms with Crippen LogP contribution in [0.25, 0.3) is 0 Å². The summed E-state index contributed by atoms with van der Waals surface area (Å²) in [4.78, 5) is 24.5. The van der Waals surface area contributed by atoms with E-state index in [-0.39, 0.29) is 22.7 Å². The van der Waals surface area contributed by atoms with Crippen molar-refractivity contribution >= 4 is 21.8 Å². The van der Waals surface area contributed by atoms with E-state index in [4.69, 9.17) is 15.7 Å². The van der Waals surface area contributed by atoms with Crippen LogP contribution in [0.5, 0.6) is 0 Å². The number of nitrogens with two attached hydrogens (primary N) is 1. The van der Waals surface area contributed by atoms with Crippen LogP contribution in [0.3, 0.4) is 0 Å². The second kappa shape index (κ2) is 8.79. The monoisotopic (exact) mass is 391 g/mol. The minimum Gasteiger partial charge on any atom is -0.456 e. The van der Waals surface area contributed by atoms with Gasteiger partial charge in [0.05, 0.1) is 4.90 Å². The molecular weight excluding hydrogens is 370 g/mol. The summed E-state index contributed by atoms with van der Waals surface area (Å²) in [7, 11) is -3.86. The molecule has 0 aliphatic carbocycles. The molecule has 2 N–H and O–H groups in total. The van der Waals surface area contributed by atoms with Crippen molar-refractivity contribution in [2.24, 2.45) is 5.73 Å². The first-order valence-corrected chi connectivity index (χ1v) is 9.86. The van der Waals surface area contributed by atoms with Crippen molar-refractivity contribution < 1.29 is 22.7 Å². The third-order valence-corrected chi connectivity index (χ3v) is 6.13. The zero-order valence-electron chi connectivity index (χ0n) is 14.9. The predicted octanol–water partition coefficient (Wildman–Crippen LogP) is 1.10. The molecule has 1 aliphatic heterocycles. The number of piperidine rings is 1. The molecule has 0 amide bonds. The largest absolute Gasteiger partial charge is 0.456 e. The van der Waals surface area contributed by atoms with Crippen LogP contribution < -0.4 is 5.73 Å². The lowest BCUT2D eigenvalue weighted by Crippen LogP contribution is -2.48. The van der Waals surface area contributed by atoms with Crippen molar-refractivity contribution in [2.45, 2.75) is 37.1 Å². The molecule has 1 aliphatic rings. The fraction of sp³-hybridized carbons (Fsp3) is 0.389. The van der Waals surface area contributed by atoms with Gasteiger partial charge >= 0.3 is 5.97 Å². The number of esters is 1. The number of rotatable bonds is 6. The van der Waals surface area contributed by atoms with Gasteiger partial charge in [-0.3, -0.25) is 9.59 Å². The van der Waals surface area contributed by atoms with Crippen LogP contribution in [0.2, 0.25) is 0 Å². The molecule has 1 fully saturated rings. The molecule has 0 radical (unpaired) electrons. The summed E-state index contributed by atoms with van der Waals surface area (Å²) in [6.45, 7) is 0.926. The van der Waals surface area contributed by atoms with E-state index in [1.165, 1.54) is 19.1 Å². The Balaban J connectivity index is 2.16. The number of hydrogen-bond acceptors (Lipinski definition) is 7. The Labute approximate surface area is 158 Å². The lowest BCUT2D eigenvalue weighted by molar-refractivity contribution is -0.151. The van der Waals surface area contributed by atoms with Gasteiger partial charge in [-0.1, -0.05) is 18.2 Å². The third kappa shape index (κ3) is 4.72. The van der Waals surface area contributed by atoms with E-state index in [0.29, 0.717) is 19.3 Å². The first-order valence-electron chi connectivity index (χ1n) is 8.42. The lowest BCUT2D eigenvalue weighted by atomic mass is 10.1. The quantitative estimate of drug-likeness (QED) is 0.436. The Kier molecular flexibility index (Phi) is 6.71. The van der Waals surface area contributed by atoms with Crippen LogP contribution in [0, 0.1) is 11.3 Å². The van der Waals surface area contributed by atoms with Crippen LogP contribution in [-0.2, 0) is 24.3 Å². The zero-order valence-corrected chi connectivity index (χ0v) is 15.7. The van der Waals surface area contributed by atoms with E-state index < -0.39 is 34.4 Å². The Morgan fingerprint density at radius 1 is 1.30 bits per heavy atom. The summed E-state index contributed by atoms with van der Waals surface area (Å²) < 4.78 is 31.9. The van der Waals surface area contributed by atoms with Crippen LogP contribution in [-0.4, -0.2) is 43.7 Å². The summed E-state index contributed by atoms with van der Waals surface area (Å²) in [6, 6.07) is 8.49. The average Bonchev–Trinajstić information content (AvgIpc) is 2.67. The van der Waals surface area contributed by atoms with Gasteiger partial charge in [0.25, 0.3) is 0 Å². The zero-order chi connectivity index (χ0) is 20.0. The first kappa shape index (κ1) is 20.6. The summed E-state index contributed by atoms with van der Waals surface area (Å²) in [5.74, 6) is -1.53. The van der Waals surface area contributed by atoms with Gasteiger partial charge in [0.15, 0.2) is 6.61 Å². The smallest absolute Gasteiger partial charge is 0.324 e. The number of ketones is 1. The van der Waals surface area contributed by atoms with Gasteiger partial charge < -0.3 is 10.5 Å². The number of sulfonamides is 1. The molecule has 1 aromatic rings. The van der Waals surface area contributed by atoms with Crippen molar-refractivity contribution in [1.82, 2.24) is 4.31 Å². The van der Waals surface area contributed by atoms with Crippen LogP contribution >= 0.6 is 0 Å². The standard InChI is InChI=1S/C18H21N3O5S/c1-13(20)15(11-19)17(22)12-26-18(23)16-9-5-6-10-21(16)27(24,25)14-7-3-2-4-8-14/h2-4,7-8,16H,5-6,9-10,12,20H2,1H3/b15-13-. The van der Waals surface area contributed by atoms with E-state index in [1.807, 2.05) is 0 Å². The normalized spacial score (nSPS) is 18.9. The maximum Gasteiger partial charge on any atom is 0.324 e. The van der Waals surface area contributed by atoms with Gasteiger partial charge in [-0.25, -0.2) is 8.42 Å². The number of nitrogens with zero attached hydrogens (tertiary/aromatic N) is 2. The van der Waals surface area contributed by atoms with Crippen molar-refractivity contribution in [3.05, 3.63) is 41.6 Å². The molecule has 9 heteroatoms. The summed E-state index contributed by atoms with van der Waals surface area (Å²) in [5, 5.41) is 8.92. The lowest BCUT2D eigenvalue weighted by Gasteiger charge is -2.32.